The summed E-state index contributed by atoms with van der Waals surface area (Å²) in [6, 6.07) is 34.0. The number of aliphatic hydroxyl groups is 1. The van der Waals surface area contributed by atoms with E-state index in [1.54, 1.807) is 48.6 Å². The maximum Gasteiger partial charge on any atom is 0.226 e. The standard InChI is InChI=1S/C37H29N3O4/c38-24-28-12-17-30(18-13-28)36(41)34-33(22-16-27-9-5-2-6-10-27)35(40(43)44)31(19-11-26-7-3-1-4-8-26)23-37(34,42)32-20-14-29(25-39)15-21-32/h1-22,31,33-35,42H,23H2/b19-11+,22-16+/t31-,33+,34-,35+,37+/m1/s1. The Kier molecular flexibility index (Phi) is 8.90. The predicted molar refractivity (Wildman–Crippen MR) is 167 cm³/mol. The Hall–Kier alpha value is -5.63. The summed E-state index contributed by atoms with van der Waals surface area (Å²) in [7, 11) is 0. The van der Waals surface area contributed by atoms with Crippen molar-refractivity contribution >= 4 is 17.9 Å². The van der Waals surface area contributed by atoms with Gasteiger partial charge in [0.1, 0.15) is 5.60 Å². The van der Waals surface area contributed by atoms with Crippen LogP contribution in [0.1, 0.15) is 44.6 Å². The lowest BCUT2D eigenvalue weighted by Crippen LogP contribution is -2.56. The Balaban J connectivity index is 1.71. The molecule has 4 aromatic carbocycles. The van der Waals surface area contributed by atoms with Crippen LogP contribution in [0.15, 0.2) is 121 Å². The first-order valence-electron chi connectivity index (χ1n) is 14.2. The van der Waals surface area contributed by atoms with Gasteiger partial charge in [-0.15, -0.1) is 0 Å². The number of Topliss-reactive ketones (excluding diaryl/α,β-unsaturated/α-hetero) is 1. The molecule has 0 saturated heterocycles. The number of carbonyl (C=O) groups excluding carboxylic acids is 1. The fraction of sp³-hybridized carbons (Fsp3) is 0.162. The Labute approximate surface area is 255 Å². The number of nitriles is 2. The highest BCUT2D eigenvalue weighted by Crippen LogP contribution is 2.50. The van der Waals surface area contributed by atoms with Gasteiger partial charge in [0.15, 0.2) is 5.78 Å². The lowest BCUT2D eigenvalue weighted by Gasteiger charge is -2.47. The van der Waals surface area contributed by atoms with Gasteiger partial charge in [-0.05, 0) is 47.4 Å². The molecule has 0 spiro atoms. The van der Waals surface area contributed by atoms with E-state index in [0.717, 1.165) is 11.1 Å². The largest absolute Gasteiger partial charge is 0.384 e. The highest BCUT2D eigenvalue weighted by atomic mass is 16.6. The third-order valence-electron chi connectivity index (χ3n) is 8.26. The fourth-order valence-corrected chi connectivity index (χ4v) is 6.11. The van der Waals surface area contributed by atoms with Gasteiger partial charge in [-0.1, -0.05) is 109 Å². The van der Waals surface area contributed by atoms with Crippen LogP contribution in [0, 0.1) is 50.5 Å². The molecule has 0 bridgehead atoms. The van der Waals surface area contributed by atoms with Gasteiger partial charge in [-0.25, -0.2) is 0 Å². The summed E-state index contributed by atoms with van der Waals surface area (Å²) >= 11 is 0. The van der Waals surface area contributed by atoms with Gasteiger partial charge in [0, 0.05) is 16.4 Å². The van der Waals surface area contributed by atoms with Crippen molar-refractivity contribution in [2.24, 2.45) is 17.8 Å². The molecule has 5 atom stereocenters. The molecule has 0 radical (unpaired) electrons. The van der Waals surface area contributed by atoms with Crippen molar-refractivity contribution in [1.82, 2.24) is 0 Å². The van der Waals surface area contributed by atoms with Crippen LogP contribution in [0.5, 0.6) is 0 Å². The summed E-state index contributed by atoms with van der Waals surface area (Å²) in [6.45, 7) is 0. The summed E-state index contributed by atoms with van der Waals surface area (Å²) in [5.41, 5.74) is 1.19. The Morgan fingerprint density at radius 1 is 0.795 bits per heavy atom. The van der Waals surface area contributed by atoms with Crippen molar-refractivity contribution in [3.8, 4) is 12.1 Å². The maximum atomic E-state index is 14.4. The zero-order valence-corrected chi connectivity index (χ0v) is 23.7. The molecule has 5 rings (SSSR count). The number of hydrogen-bond acceptors (Lipinski definition) is 6. The van der Waals surface area contributed by atoms with Crippen molar-refractivity contribution in [1.29, 1.82) is 10.5 Å². The molecule has 216 valence electrons. The third-order valence-corrected chi connectivity index (χ3v) is 8.26. The van der Waals surface area contributed by atoms with Crippen molar-refractivity contribution in [3.63, 3.8) is 0 Å². The molecule has 0 heterocycles. The molecule has 44 heavy (non-hydrogen) atoms. The molecule has 0 aromatic heterocycles. The summed E-state index contributed by atoms with van der Waals surface area (Å²) in [6.07, 6.45) is 6.88. The second-order valence-corrected chi connectivity index (χ2v) is 10.9. The highest BCUT2D eigenvalue weighted by molar-refractivity contribution is 5.99. The monoisotopic (exact) mass is 579 g/mol. The van der Waals surface area contributed by atoms with E-state index in [4.69, 9.17) is 0 Å². The van der Waals surface area contributed by atoms with E-state index in [-0.39, 0.29) is 16.9 Å². The van der Waals surface area contributed by atoms with Gasteiger partial charge >= 0.3 is 0 Å². The molecule has 1 N–H and O–H groups in total. The van der Waals surface area contributed by atoms with Gasteiger partial charge in [0.25, 0.3) is 0 Å². The second-order valence-electron chi connectivity index (χ2n) is 10.9. The maximum absolute atomic E-state index is 14.4. The molecular formula is C37H29N3O4. The molecule has 1 fully saturated rings. The van der Waals surface area contributed by atoms with Gasteiger partial charge in [0.05, 0.1) is 35.1 Å². The number of carbonyl (C=O) groups is 1. The first kappa shape index (κ1) is 29.8. The van der Waals surface area contributed by atoms with Crippen LogP contribution in [0.4, 0.5) is 0 Å². The predicted octanol–water partition coefficient (Wildman–Crippen LogP) is 6.82. The minimum absolute atomic E-state index is 0.101. The smallest absolute Gasteiger partial charge is 0.226 e. The van der Waals surface area contributed by atoms with Crippen molar-refractivity contribution < 1.29 is 14.8 Å². The number of ketones is 1. The summed E-state index contributed by atoms with van der Waals surface area (Å²) in [4.78, 5) is 27.0. The van der Waals surface area contributed by atoms with Crippen LogP contribution in [0.3, 0.4) is 0 Å². The molecular weight excluding hydrogens is 550 g/mol. The van der Waals surface area contributed by atoms with Crippen LogP contribution in [0.25, 0.3) is 12.2 Å². The molecule has 1 saturated carbocycles. The van der Waals surface area contributed by atoms with E-state index in [2.05, 4.69) is 6.07 Å². The lowest BCUT2D eigenvalue weighted by molar-refractivity contribution is -0.544. The van der Waals surface area contributed by atoms with E-state index in [0.29, 0.717) is 16.7 Å². The average Bonchev–Trinajstić information content (AvgIpc) is 3.06. The van der Waals surface area contributed by atoms with E-state index < -0.39 is 35.2 Å². The average molecular weight is 580 g/mol. The number of nitrogens with zero attached hydrogens (tertiary/aromatic N) is 3. The SMILES string of the molecule is N#Cc1ccc(C(=O)[C@H]2[C@H](/C=C/c3ccccc3)[C@@H]([N+](=O)[O-])[C@H](/C=C/c3ccccc3)C[C@]2(O)c2ccc(C#N)cc2)cc1. The minimum Gasteiger partial charge on any atom is -0.384 e. The molecule has 7 heteroatoms. The Morgan fingerprint density at radius 2 is 1.30 bits per heavy atom. The van der Waals surface area contributed by atoms with Crippen molar-refractivity contribution in [2.45, 2.75) is 18.1 Å². The van der Waals surface area contributed by atoms with Gasteiger partial charge < -0.3 is 5.11 Å². The van der Waals surface area contributed by atoms with Crippen LogP contribution < -0.4 is 0 Å². The van der Waals surface area contributed by atoms with Crippen molar-refractivity contribution in [3.05, 3.63) is 165 Å². The van der Waals surface area contributed by atoms with E-state index >= 15 is 0 Å². The first-order chi connectivity index (χ1) is 21.3. The zero-order valence-electron chi connectivity index (χ0n) is 23.7. The summed E-state index contributed by atoms with van der Waals surface area (Å²) < 4.78 is 0. The van der Waals surface area contributed by atoms with Crippen LogP contribution in [-0.2, 0) is 5.60 Å². The topological polar surface area (TPSA) is 128 Å². The van der Waals surface area contributed by atoms with E-state index in [1.807, 2.05) is 66.7 Å². The number of benzene rings is 4. The highest BCUT2D eigenvalue weighted by Gasteiger charge is 2.59. The third kappa shape index (κ3) is 6.24. The van der Waals surface area contributed by atoms with Gasteiger partial charge in [-0.2, -0.15) is 10.5 Å². The summed E-state index contributed by atoms with van der Waals surface area (Å²) in [5.74, 6) is -3.49. The van der Waals surface area contributed by atoms with E-state index in [1.165, 1.54) is 24.3 Å². The van der Waals surface area contributed by atoms with E-state index in [9.17, 15) is 30.5 Å². The Bertz CT molecular complexity index is 1770. The zero-order chi connectivity index (χ0) is 31.1. The van der Waals surface area contributed by atoms with Crippen LogP contribution in [0.2, 0.25) is 0 Å². The normalized spacial score (nSPS) is 23.2. The van der Waals surface area contributed by atoms with Crippen LogP contribution in [-0.4, -0.2) is 21.9 Å². The van der Waals surface area contributed by atoms with Gasteiger partial charge in [0.2, 0.25) is 6.04 Å². The van der Waals surface area contributed by atoms with Crippen LogP contribution >= 0.6 is 0 Å². The quantitative estimate of drug-likeness (QED) is 0.139. The molecule has 0 amide bonds. The number of hydrogen-bond donors (Lipinski definition) is 1. The molecule has 0 unspecified atom stereocenters. The molecule has 4 aromatic rings. The molecule has 1 aliphatic carbocycles. The lowest BCUT2D eigenvalue weighted by atomic mass is 9.58. The molecule has 1 aliphatic rings. The van der Waals surface area contributed by atoms with Gasteiger partial charge in [-0.3, -0.25) is 14.9 Å². The molecule has 7 nitrogen and oxygen atoms in total. The second kappa shape index (κ2) is 13.1. The fourth-order valence-electron chi connectivity index (χ4n) is 6.11. The molecule has 0 aliphatic heterocycles. The Morgan fingerprint density at radius 3 is 1.80 bits per heavy atom. The van der Waals surface area contributed by atoms with Crippen molar-refractivity contribution in [2.75, 3.05) is 0 Å². The number of nitro groups is 1. The summed E-state index contributed by atoms with van der Waals surface area (Å²) in [5, 5.41) is 44.2. The first-order valence-corrected chi connectivity index (χ1v) is 14.2. The number of rotatable bonds is 8. The minimum atomic E-state index is -1.83.